The van der Waals surface area contributed by atoms with E-state index in [0.717, 1.165) is 37.2 Å². The van der Waals surface area contributed by atoms with Gasteiger partial charge in [-0.15, -0.1) is 0 Å². The third-order valence-corrected chi connectivity index (χ3v) is 5.72. The van der Waals surface area contributed by atoms with E-state index in [2.05, 4.69) is 24.3 Å². The van der Waals surface area contributed by atoms with Gasteiger partial charge in [-0.2, -0.15) is 0 Å². The lowest BCUT2D eigenvalue weighted by atomic mass is 9.85. The highest BCUT2D eigenvalue weighted by atomic mass is 16.5. The molecule has 24 heavy (non-hydrogen) atoms. The molecule has 2 fully saturated rings. The summed E-state index contributed by atoms with van der Waals surface area (Å²) in [6, 6.07) is 16.8. The molecule has 0 aromatic heterocycles. The summed E-state index contributed by atoms with van der Waals surface area (Å²) in [5.74, 6) is 1.79. The molecule has 0 spiro atoms. The van der Waals surface area contributed by atoms with Crippen molar-refractivity contribution in [1.82, 2.24) is 0 Å². The standard InChI is InChI=1S/C21H24O3/c1-22-18-8-4-16(5-9-18)20-12-3-13-21(24-20,15-14-20)17-6-10-19(23-2)11-7-17/h4-11H,3,12-15H2,1-2H3. The summed E-state index contributed by atoms with van der Waals surface area (Å²) in [5, 5.41) is 0. The molecule has 0 amide bonds. The predicted octanol–water partition coefficient (Wildman–Crippen LogP) is 4.79. The second-order valence-electron chi connectivity index (χ2n) is 6.90. The first-order chi connectivity index (χ1) is 11.7. The zero-order chi connectivity index (χ0) is 16.6. The Labute approximate surface area is 143 Å². The summed E-state index contributed by atoms with van der Waals surface area (Å²) in [6.45, 7) is 0. The van der Waals surface area contributed by atoms with Gasteiger partial charge in [-0.3, -0.25) is 0 Å². The van der Waals surface area contributed by atoms with Gasteiger partial charge < -0.3 is 14.2 Å². The van der Waals surface area contributed by atoms with E-state index in [0.29, 0.717) is 0 Å². The van der Waals surface area contributed by atoms with Crippen molar-refractivity contribution in [3.05, 3.63) is 59.7 Å². The molecule has 0 N–H and O–H groups in total. The fraction of sp³-hybridized carbons (Fsp3) is 0.429. The zero-order valence-electron chi connectivity index (χ0n) is 14.4. The first-order valence-corrected chi connectivity index (χ1v) is 8.69. The number of hydrogen-bond acceptors (Lipinski definition) is 3. The van der Waals surface area contributed by atoms with Gasteiger partial charge in [-0.1, -0.05) is 24.3 Å². The molecule has 2 heterocycles. The second kappa shape index (κ2) is 5.82. The van der Waals surface area contributed by atoms with Crippen molar-refractivity contribution in [2.24, 2.45) is 0 Å². The molecular formula is C21H24O3. The van der Waals surface area contributed by atoms with E-state index in [-0.39, 0.29) is 11.2 Å². The van der Waals surface area contributed by atoms with Crippen LogP contribution in [0, 0.1) is 0 Å². The van der Waals surface area contributed by atoms with Crippen LogP contribution in [0.5, 0.6) is 11.5 Å². The van der Waals surface area contributed by atoms with Crippen LogP contribution in [-0.4, -0.2) is 14.2 Å². The minimum atomic E-state index is -0.148. The molecule has 2 unspecified atom stereocenters. The molecule has 3 heteroatoms. The van der Waals surface area contributed by atoms with Crippen LogP contribution in [0.4, 0.5) is 0 Å². The van der Waals surface area contributed by atoms with Crippen LogP contribution < -0.4 is 9.47 Å². The summed E-state index contributed by atoms with van der Waals surface area (Å²) < 4.78 is 17.4. The average molecular weight is 324 g/mol. The van der Waals surface area contributed by atoms with Gasteiger partial charge in [0.15, 0.2) is 0 Å². The van der Waals surface area contributed by atoms with Crippen LogP contribution in [0.1, 0.15) is 43.2 Å². The van der Waals surface area contributed by atoms with Crippen molar-refractivity contribution in [1.29, 1.82) is 0 Å². The molecule has 0 aliphatic carbocycles. The molecular weight excluding hydrogens is 300 g/mol. The van der Waals surface area contributed by atoms with Gasteiger partial charge in [0.1, 0.15) is 11.5 Å². The fourth-order valence-corrected chi connectivity index (χ4v) is 4.38. The minimum Gasteiger partial charge on any atom is -0.497 e. The Hall–Kier alpha value is -2.00. The Balaban J connectivity index is 1.65. The number of rotatable bonds is 4. The van der Waals surface area contributed by atoms with Gasteiger partial charge >= 0.3 is 0 Å². The second-order valence-corrected chi connectivity index (χ2v) is 6.90. The number of ether oxygens (including phenoxy) is 3. The summed E-state index contributed by atoms with van der Waals surface area (Å²) >= 11 is 0. The van der Waals surface area contributed by atoms with Gasteiger partial charge in [-0.25, -0.2) is 0 Å². The minimum absolute atomic E-state index is 0.148. The molecule has 4 rings (SSSR count). The smallest absolute Gasteiger partial charge is 0.118 e. The topological polar surface area (TPSA) is 27.7 Å². The largest absolute Gasteiger partial charge is 0.497 e. The van der Waals surface area contributed by atoms with Crippen LogP contribution in [0.2, 0.25) is 0 Å². The molecule has 2 bridgehead atoms. The Bertz CT molecular complexity index is 645. The normalized spacial score (nSPS) is 28.6. The molecule has 0 radical (unpaired) electrons. The molecule has 2 saturated heterocycles. The lowest BCUT2D eigenvalue weighted by molar-refractivity contribution is -0.149. The summed E-state index contributed by atoms with van der Waals surface area (Å²) in [6.07, 6.45) is 5.53. The number of hydrogen-bond donors (Lipinski definition) is 0. The molecule has 2 aliphatic heterocycles. The van der Waals surface area contributed by atoms with Crippen molar-refractivity contribution in [3.63, 3.8) is 0 Å². The number of benzene rings is 2. The van der Waals surface area contributed by atoms with Crippen molar-refractivity contribution >= 4 is 0 Å². The van der Waals surface area contributed by atoms with Crippen molar-refractivity contribution < 1.29 is 14.2 Å². The molecule has 2 aromatic rings. The van der Waals surface area contributed by atoms with E-state index in [1.165, 1.54) is 17.5 Å². The van der Waals surface area contributed by atoms with Gasteiger partial charge in [-0.05, 0) is 67.5 Å². The number of fused-ring (bicyclic) bond motifs is 2. The maximum Gasteiger partial charge on any atom is 0.118 e. The van der Waals surface area contributed by atoms with Crippen LogP contribution in [-0.2, 0) is 15.9 Å². The monoisotopic (exact) mass is 324 g/mol. The Kier molecular flexibility index (Phi) is 3.76. The highest BCUT2D eigenvalue weighted by Crippen LogP contribution is 2.57. The third kappa shape index (κ3) is 2.39. The van der Waals surface area contributed by atoms with E-state index in [4.69, 9.17) is 14.2 Å². The molecule has 2 aromatic carbocycles. The van der Waals surface area contributed by atoms with E-state index < -0.39 is 0 Å². The Morgan fingerprint density at radius 1 is 0.667 bits per heavy atom. The van der Waals surface area contributed by atoms with Crippen LogP contribution in [0.25, 0.3) is 0 Å². The van der Waals surface area contributed by atoms with Gasteiger partial charge in [0.05, 0.1) is 25.4 Å². The molecule has 2 atom stereocenters. The maximum absolute atomic E-state index is 6.81. The van der Waals surface area contributed by atoms with Crippen molar-refractivity contribution in [2.75, 3.05) is 14.2 Å². The van der Waals surface area contributed by atoms with Crippen molar-refractivity contribution in [3.8, 4) is 11.5 Å². The summed E-state index contributed by atoms with van der Waals surface area (Å²) in [5.41, 5.74) is 2.26. The maximum atomic E-state index is 6.81. The quantitative estimate of drug-likeness (QED) is 0.809. The molecule has 2 aliphatic rings. The van der Waals surface area contributed by atoms with Crippen molar-refractivity contribution in [2.45, 2.75) is 43.3 Å². The summed E-state index contributed by atoms with van der Waals surface area (Å²) in [7, 11) is 3.41. The lowest BCUT2D eigenvalue weighted by Crippen LogP contribution is -2.36. The van der Waals surface area contributed by atoms with Crippen LogP contribution in [0.3, 0.4) is 0 Å². The molecule has 3 nitrogen and oxygen atoms in total. The molecule has 0 saturated carbocycles. The lowest BCUT2D eigenvalue weighted by Gasteiger charge is -2.41. The van der Waals surface area contributed by atoms with Gasteiger partial charge in [0.25, 0.3) is 0 Å². The first-order valence-electron chi connectivity index (χ1n) is 8.69. The van der Waals surface area contributed by atoms with E-state index in [1.807, 2.05) is 24.3 Å². The zero-order valence-corrected chi connectivity index (χ0v) is 14.4. The van der Waals surface area contributed by atoms with E-state index in [1.54, 1.807) is 14.2 Å². The van der Waals surface area contributed by atoms with Gasteiger partial charge in [0, 0.05) is 0 Å². The third-order valence-electron chi connectivity index (χ3n) is 5.72. The van der Waals surface area contributed by atoms with Crippen LogP contribution in [0.15, 0.2) is 48.5 Å². The van der Waals surface area contributed by atoms with E-state index >= 15 is 0 Å². The summed E-state index contributed by atoms with van der Waals surface area (Å²) in [4.78, 5) is 0. The highest BCUT2D eigenvalue weighted by molar-refractivity contribution is 5.36. The average Bonchev–Trinajstić information content (AvgIpc) is 2.94. The fourth-order valence-electron chi connectivity index (χ4n) is 4.38. The van der Waals surface area contributed by atoms with E-state index in [9.17, 15) is 0 Å². The predicted molar refractivity (Wildman–Crippen MR) is 93.5 cm³/mol. The Morgan fingerprint density at radius 2 is 1.08 bits per heavy atom. The SMILES string of the molecule is COc1ccc(C23CCCC(c4ccc(OC)cc4)(CC2)O3)cc1. The molecule has 126 valence electrons. The van der Waals surface area contributed by atoms with Crippen LogP contribution >= 0.6 is 0 Å². The van der Waals surface area contributed by atoms with Gasteiger partial charge in [0.2, 0.25) is 0 Å². The highest BCUT2D eigenvalue weighted by Gasteiger charge is 2.53. The first kappa shape index (κ1) is 15.5. The number of methoxy groups -OCH3 is 2. The Morgan fingerprint density at radius 3 is 1.46 bits per heavy atom.